The average Bonchev–Trinajstić information content (AvgIpc) is 2.58. The third-order valence-corrected chi connectivity index (χ3v) is 6.25. The van der Waals surface area contributed by atoms with Gasteiger partial charge in [0.2, 0.25) is 0 Å². The molecule has 2 atom stereocenters. The van der Waals surface area contributed by atoms with Crippen LogP contribution >= 0.6 is 15.6 Å². The monoisotopic (exact) mass is 474 g/mol. The maximum Gasteiger partial charge on any atom is 0.524 e. The number of benzene rings is 1. The largest absolute Gasteiger partial charge is 0.524 e. The van der Waals surface area contributed by atoms with E-state index < -0.39 is 21.6 Å². The number of phosphoric acid groups is 2. The summed E-state index contributed by atoms with van der Waals surface area (Å²) in [6.07, 6.45) is 6.76. The van der Waals surface area contributed by atoms with E-state index in [1.54, 1.807) is 0 Å². The van der Waals surface area contributed by atoms with E-state index in [-0.39, 0.29) is 23.0 Å². The van der Waals surface area contributed by atoms with Crippen LogP contribution in [0, 0.1) is 5.92 Å². The van der Waals surface area contributed by atoms with Gasteiger partial charge < -0.3 is 9.05 Å². The Morgan fingerprint density at radius 2 is 1.65 bits per heavy atom. The quantitative estimate of drug-likeness (QED) is 0.202. The number of hydrogen-bond donors (Lipinski definition) is 4. The molecule has 2 rings (SSSR count). The summed E-state index contributed by atoms with van der Waals surface area (Å²) in [5.41, 5.74) is 2.73. The predicted molar refractivity (Wildman–Crippen MR) is 119 cm³/mol. The van der Waals surface area contributed by atoms with Crippen molar-refractivity contribution < 1.29 is 37.8 Å². The number of phosphoric ester groups is 2. The zero-order valence-corrected chi connectivity index (χ0v) is 19.9. The Bertz CT molecular complexity index is 882. The number of aryl methyl sites for hydroxylation is 1. The predicted octanol–water partition coefficient (Wildman–Crippen LogP) is 5.38. The standard InChI is InChI=1S/C21H32O8P2/c1-5-6-7-8-16-12-19(28-30(22,23)24)21(20(13-16)29-31(25,26)27)18-11-15(4)9-10-17(18)14(2)3/h11-13,17-18H,2,5-10H2,1,3-4H3,(H2,22,23,24)(H2,25,26,27)/t17-,18+/m0/s1. The topological polar surface area (TPSA) is 134 Å². The van der Waals surface area contributed by atoms with Crippen molar-refractivity contribution in [1.29, 1.82) is 0 Å². The molecule has 31 heavy (non-hydrogen) atoms. The van der Waals surface area contributed by atoms with Crippen molar-refractivity contribution in [3.8, 4) is 11.5 Å². The van der Waals surface area contributed by atoms with Crippen molar-refractivity contribution in [2.75, 3.05) is 0 Å². The second-order valence-corrected chi connectivity index (χ2v) is 10.5. The maximum atomic E-state index is 11.7. The summed E-state index contributed by atoms with van der Waals surface area (Å²) in [4.78, 5) is 38.0. The van der Waals surface area contributed by atoms with Crippen molar-refractivity contribution >= 4 is 15.6 Å². The fraction of sp³-hybridized carbons (Fsp3) is 0.524. The second-order valence-electron chi connectivity index (χ2n) is 8.16. The molecule has 0 bridgehead atoms. The van der Waals surface area contributed by atoms with Crippen LogP contribution < -0.4 is 9.05 Å². The molecule has 1 aliphatic carbocycles. The molecule has 0 spiro atoms. The Kier molecular flexibility index (Phi) is 8.74. The minimum atomic E-state index is -4.94. The lowest BCUT2D eigenvalue weighted by molar-refractivity contribution is 0.276. The van der Waals surface area contributed by atoms with Gasteiger partial charge in [-0.05, 0) is 63.1 Å². The zero-order chi connectivity index (χ0) is 23.4. The van der Waals surface area contributed by atoms with Crippen molar-refractivity contribution in [2.45, 2.75) is 65.2 Å². The molecule has 0 amide bonds. The van der Waals surface area contributed by atoms with E-state index in [4.69, 9.17) is 9.05 Å². The van der Waals surface area contributed by atoms with Crippen LogP contribution in [-0.2, 0) is 15.6 Å². The summed E-state index contributed by atoms with van der Waals surface area (Å²) in [5, 5.41) is 0. The molecule has 0 radical (unpaired) electrons. The van der Waals surface area contributed by atoms with Crippen LogP contribution in [0.1, 0.15) is 69.9 Å². The lowest BCUT2D eigenvalue weighted by atomic mass is 9.73. The molecule has 1 aliphatic rings. The molecule has 0 aliphatic heterocycles. The summed E-state index contributed by atoms with van der Waals surface area (Å²) in [6, 6.07) is 3.06. The highest BCUT2D eigenvalue weighted by Gasteiger charge is 2.34. The molecule has 0 saturated heterocycles. The summed E-state index contributed by atoms with van der Waals surface area (Å²) < 4.78 is 33.5. The van der Waals surface area contributed by atoms with Crippen LogP contribution in [0.4, 0.5) is 0 Å². The van der Waals surface area contributed by atoms with Crippen LogP contribution in [0.2, 0.25) is 0 Å². The van der Waals surface area contributed by atoms with E-state index in [2.05, 4.69) is 6.58 Å². The Hall–Kier alpha value is -1.40. The van der Waals surface area contributed by atoms with E-state index in [0.29, 0.717) is 12.0 Å². The van der Waals surface area contributed by atoms with Gasteiger partial charge in [-0.1, -0.05) is 43.6 Å². The highest BCUT2D eigenvalue weighted by atomic mass is 31.2. The van der Waals surface area contributed by atoms with Crippen LogP contribution in [0.5, 0.6) is 11.5 Å². The highest BCUT2D eigenvalue weighted by molar-refractivity contribution is 7.47. The smallest absolute Gasteiger partial charge is 0.404 e. The maximum absolute atomic E-state index is 11.7. The molecule has 10 heteroatoms. The van der Waals surface area contributed by atoms with Crippen molar-refractivity contribution in [2.24, 2.45) is 5.92 Å². The van der Waals surface area contributed by atoms with E-state index in [9.17, 15) is 28.7 Å². The Morgan fingerprint density at radius 3 is 2.10 bits per heavy atom. The van der Waals surface area contributed by atoms with E-state index in [1.807, 2.05) is 26.8 Å². The molecule has 1 aromatic rings. The van der Waals surface area contributed by atoms with Gasteiger partial charge in [0, 0.05) is 11.5 Å². The van der Waals surface area contributed by atoms with Gasteiger partial charge in [-0.3, -0.25) is 19.6 Å². The third-order valence-electron chi connectivity index (χ3n) is 5.38. The average molecular weight is 474 g/mol. The molecule has 174 valence electrons. The van der Waals surface area contributed by atoms with Crippen LogP contribution in [0.3, 0.4) is 0 Å². The molecule has 0 heterocycles. The van der Waals surface area contributed by atoms with E-state index >= 15 is 0 Å². The first-order chi connectivity index (χ1) is 14.3. The van der Waals surface area contributed by atoms with E-state index in [1.165, 1.54) is 12.1 Å². The molecule has 8 nitrogen and oxygen atoms in total. The van der Waals surface area contributed by atoms with Gasteiger partial charge >= 0.3 is 15.6 Å². The first kappa shape index (κ1) is 25.9. The van der Waals surface area contributed by atoms with Gasteiger partial charge in [-0.25, -0.2) is 9.13 Å². The molecule has 0 fully saturated rings. The summed E-state index contributed by atoms with van der Waals surface area (Å²) in [6.45, 7) is 9.88. The van der Waals surface area contributed by atoms with Gasteiger partial charge in [0.25, 0.3) is 0 Å². The summed E-state index contributed by atoms with van der Waals surface area (Å²) >= 11 is 0. The number of unbranched alkanes of at least 4 members (excludes halogenated alkanes) is 2. The molecule has 0 saturated carbocycles. The Balaban J connectivity index is 2.73. The lowest BCUT2D eigenvalue weighted by Crippen LogP contribution is -2.18. The molecule has 0 aromatic heterocycles. The van der Waals surface area contributed by atoms with Crippen molar-refractivity contribution in [3.63, 3.8) is 0 Å². The van der Waals surface area contributed by atoms with Crippen LogP contribution in [-0.4, -0.2) is 19.6 Å². The summed E-state index contributed by atoms with van der Waals surface area (Å²) in [7, 11) is -9.88. The Morgan fingerprint density at radius 1 is 1.10 bits per heavy atom. The molecule has 0 unspecified atom stereocenters. The molecule has 4 N–H and O–H groups in total. The fourth-order valence-electron chi connectivity index (χ4n) is 4.02. The number of allylic oxidation sites excluding steroid dienone is 3. The van der Waals surface area contributed by atoms with Crippen molar-refractivity contribution in [1.82, 2.24) is 0 Å². The molecular formula is C21H32O8P2. The Labute approximate surface area is 183 Å². The first-order valence-electron chi connectivity index (χ1n) is 10.3. The van der Waals surface area contributed by atoms with Crippen LogP contribution in [0.25, 0.3) is 0 Å². The fourth-order valence-corrected chi connectivity index (χ4v) is 4.84. The minimum absolute atomic E-state index is 0.104. The van der Waals surface area contributed by atoms with Gasteiger partial charge in [0.05, 0.1) is 0 Å². The lowest BCUT2D eigenvalue weighted by Gasteiger charge is -2.33. The molecule has 1 aromatic carbocycles. The second kappa shape index (κ2) is 10.5. The highest BCUT2D eigenvalue weighted by Crippen LogP contribution is 2.53. The minimum Gasteiger partial charge on any atom is -0.404 e. The zero-order valence-electron chi connectivity index (χ0n) is 18.2. The first-order valence-corrected chi connectivity index (χ1v) is 13.4. The molecular weight excluding hydrogens is 442 g/mol. The summed E-state index contributed by atoms with van der Waals surface area (Å²) in [5.74, 6) is -0.826. The number of hydrogen-bond acceptors (Lipinski definition) is 4. The van der Waals surface area contributed by atoms with Crippen molar-refractivity contribution in [3.05, 3.63) is 47.1 Å². The van der Waals surface area contributed by atoms with E-state index in [0.717, 1.165) is 43.3 Å². The third kappa shape index (κ3) is 7.90. The number of rotatable bonds is 10. The van der Waals surface area contributed by atoms with Gasteiger partial charge in [-0.2, -0.15) is 0 Å². The normalized spacial score (nSPS) is 19.6. The van der Waals surface area contributed by atoms with Gasteiger partial charge in [-0.15, -0.1) is 0 Å². The SMILES string of the molecule is C=C(C)[C@@H]1CCC(C)=C[C@H]1c1c(OP(=O)(O)O)cc(CCCCC)cc1OP(=O)(O)O. The van der Waals surface area contributed by atoms with Gasteiger partial charge in [0.1, 0.15) is 11.5 Å². The van der Waals surface area contributed by atoms with Gasteiger partial charge in [0.15, 0.2) is 0 Å². The van der Waals surface area contributed by atoms with Crippen LogP contribution in [0.15, 0.2) is 35.9 Å².